The topological polar surface area (TPSA) is 38.7 Å². The quantitative estimate of drug-likeness (QED) is 0.587. The van der Waals surface area contributed by atoms with Gasteiger partial charge in [0.15, 0.2) is 0 Å². The van der Waals surface area contributed by atoms with Crippen LogP contribution in [-0.4, -0.2) is 28.9 Å². The fraction of sp³-hybridized carbons (Fsp3) is 0.696. The SMILES string of the molecule is C=NS(=O)C(C)(C)C1C[C@@](C)(Cc2ccc(C3CC3)cc2C)CC[C@H]1OC. The molecule has 150 valence electrons. The van der Waals surface area contributed by atoms with Gasteiger partial charge in [0.05, 0.1) is 10.9 Å². The zero-order valence-electron chi connectivity index (χ0n) is 17.6. The van der Waals surface area contributed by atoms with Crippen LogP contribution in [0.5, 0.6) is 0 Å². The Bertz CT molecular complexity index is 725. The molecule has 0 heterocycles. The minimum atomic E-state index is -1.31. The number of benzene rings is 1. The molecular formula is C23H35NO2S. The van der Waals surface area contributed by atoms with Crippen LogP contribution in [-0.2, 0) is 22.1 Å². The van der Waals surface area contributed by atoms with E-state index >= 15 is 0 Å². The van der Waals surface area contributed by atoms with Crippen LogP contribution in [0.15, 0.2) is 22.6 Å². The van der Waals surface area contributed by atoms with Gasteiger partial charge in [0.1, 0.15) is 11.0 Å². The summed E-state index contributed by atoms with van der Waals surface area (Å²) in [4.78, 5) is 0. The second-order valence-electron chi connectivity index (χ2n) is 9.55. The van der Waals surface area contributed by atoms with Gasteiger partial charge in [0.25, 0.3) is 0 Å². The standard InChI is InChI=1S/C23H35NO2S/c1-16-13-18(17-7-8-17)9-10-19(16)14-23(4)12-11-21(26-6)20(15-23)22(2,3)27(25)24-5/h9-10,13,17,20-21H,5,7-8,11-12,14-15H2,1-4,6H3/t20?,21-,23-,27?/m1/s1. The van der Waals surface area contributed by atoms with Gasteiger partial charge in [-0.15, -0.1) is 0 Å². The van der Waals surface area contributed by atoms with Gasteiger partial charge >= 0.3 is 0 Å². The summed E-state index contributed by atoms with van der Waals surface area (Å²) in [6, 6.07) is 7.08. The Hall–Kier alpha value is -1.00. The van der Waals surface area contributed by atoms with Gasteiger partial charge < -0.3 is 4.74 Å². The normalized spacial score (nSPS) is 30.1. The molecule has 3 nitrogen and oxygen atoms in total. The number of ether oxygens (including phenoxy) is 1. The second-order valence-corrected chi connectivity index (χ2v) is 11.4. The Morgan fingerprint density at radius 1 is 1.33 bits per heavy atom. The highest BCUT2D eigenvalue weighted by Gasteiger charge is 2.47. The minimum Gasteiger partial charge on any atom is -0.381 e. The molecule has 0 amide bonds. The monoisotopic (exact) mass is 389 g/mol. The molecule has 0 bridgehead atoms. The van der Waals surface area contributed by atoms with Crippen molar-refractivity contribution >= 4 is 17.7 Å². The summed E-state index contributed by atoms with van der Waals surface area (Å²) in [5, 5.41) is 0. The lowest BCUT2D eigenvalue weighted by atomic mass is 9.63. The van der Waals surface area contributed by atoms with E-state index in [9.17, 15) is 4.21 Å². The van der Waals surface area contributed by atoms with Crippen molar-refractivity contribution in [2.24, 2.45) is 15.7 Å². The molecule has 3 rings (SSSR count). The Kier molecular flexibility index (Phi) is 5.98. The van der Waals surface area contributed by atoms with E-state index in [4.69, 9.17) is 4.74 Å². The largest absolute Gasteiger partial charge is 0.381 e. The maximum Gasteiger partial charge on any atom is 0.144 e. The average molecular weight is 390 g/mol. The zero-order valence-corrected chi connectivity index (χ0v) is 18.4. The predicted molar refractivity (Wildman–Crippen MR) is 115 cm³/mol. The van der Waals surface area contributed by atoms with Gasteiger partial charge in [-0.2, -0.15) is 0 Å². The highest BCUT2D eigenvalue weighted by atomic mass is 32.2. The highest BCUT2D eigenvalue weighted by molar-refractivity contribution is 7.85. The molecule has 2 saturated carbocycles. The summed E-state index contributed by atoms with van der Waals surface area (Å²) in [7, 11) is 0.470. The first-order valence-corrected chi connectivity index (χ1v) is 11.3. The van der Waals surface area contributed by atoms with Crippen molar-refractivity contribution in [3.63, 3.8) is 0 Å². The zero-order chi connectivity index (χ0) is 19.8. The maximum atomic E-state index is 12.6. The van der Waals surface area contributed by atoms with Gasteiger partial charge in [-0.3, -0.25) is 0 Å². The van der Waals surface area contributed by atoms with E-state index in [-0.39, 0.29) is 17.4 Å². The molecule has 4 heteroatoms. The molecule has 0 N–H and O–H groups in total. The van der Waals surface area contributed by atoms with Crippen LogP contribution >= 0.6 is 0 Å². The van der Waals surface area contributed by atoms with E-state index in [2.05, 4.69) is 57.0 Å². The number of methoxy groups -OCH3 is 1. The summed E-state index contributed by atoms with van der Waals surface area (Å²) in [6.45, 7) is 12.3. The highest BCUT2D eigenvalue weighted by Crippen LogP contribution is 2.48. The summed E-state index contributed by atoms with van der Waals surface area (Å²) in [5.74, 6) is 1.01. The lowest BCUT2D eigenvalue weighted by molar-refractivity contribution is -0.0279. The van der Waals surface area contributed by atoms with Crippen LogP contribution in [0.25, 0.3) is 0 Å². The van der Waals surface area contributed by atoms with Crippen LogP contribution in [0.3, 0.4) is 0 Å². The van der Waals surface area contributed by atoms with Gasteiger partial charge in [0.2, 0.25) is 0 Å². The average Bonchev–Trinajstić information content (AvgIpc) is 3.47. The third kappa shape index (κ3) is 4.37. The van der Waals surface area contributed by atoms with Crippen LogP contribution in [0, 0.1) is 18.3 Å². The van der Waals surface area contributed by atoms with Crippen LogP contribution in [0.1, 0.15) is 75.5 Å². The Morgan fingerprint density at radius 2 is 2.04 bits per heavy atom. The molecule has 0 spiro atoms. The molecule has 0 aromatic heterocycles. The van der Waals surface area contributed by atoms with Crippen LogP contribution < -0.4 is 0 Å². The lowest BCUT2D eigenvalue weighted by Gasteiger charge is -2.47. The van der Waals surface area contributed by atoms with E-state index in [1.54, 1.807) is 7.11 Å². The van der Waals surface area contributed by atoms with Gasteiger partial charge in [-0.05, 0) is 87.3 Å². The molecule has 2 aliphatic rings. The molecule has 0 aliphatic heterocycles. The van der Waals surface area contributed by atoms with Crippen molar-refractivity contribution < 1.29 is 8.95 Å². The summed E-state index contributed by atoms with van der Waals surface area (Å²) in [5.41, 5.74) is 4.57. The molecule has 2 unspecified atom stereocenters. The third-order valence-electron chi connectivity index (χ3n) is 6.99. The first kappa shape index (κ1) is 20.7. The Morgan fingerprint density at radius 3 is 2.59 bits per heavy atom. The summed E-state index contributed by atoms with van der Waals surface area (Å²) in [6.07, 6.45) is 7.05. The van der Waals surface area contributed by atoms with E-state index in [1.165, 1.54) is 29.5 Å². The third-order valence-corrected chi connectivity index (χ3v) is 8.43. The molecule has 1 aromatic carbocycles. The lowest BCUT2D eigenvalue weighted by Crippen LogP contribution is -2.49. The smallest absolute Gasteiger partial charge is 0.144 e. The van der Waals surface area contributed by atoms with Crippen LogP contribution in [0.2, 0.25) is 0 Å². The van der Waals surface area contributed by atoms with E-state index in [0.29, 0.717) is 0 Å². The van der Waals surface area contributed by atoms with Gasteiger partial charge in [-0.1, -0.05) is 25.1 Å². The van der Waals surface area contributed by atoms with Crippen molar-refractivity contribution in [1.29, 1.82) is 0 Å². The molecule has 0 saturated heterocycles. The number of rotatable bonds is 7. The first-order valence-electron chi connectivity index (χ1n) is 10.2. The number of hydrogen-bond donors (Lipinski definition) is 0. The maximum absolute atomic E-state index is 12.6. The van der Waals surface area contributed by atoms with Crippen molar-refractivity contribution in [1.82, 2.24) is 0 Å². The molecule has 2 fully saturated rings. The summed E-state index contributed by atoms with van der Waals surface area (Å²) >= 11 is 0. The second kappa shape index (κ2) is 7.79. The number of aryl methyl sites for hydroxylation is 1. The van der Waals surface area contributed by atoms with Crippen molar-refractivity contribution in [3.8, 4) is 0 Å². The van der Waals surface area contributed by atoms with Gasteiger partial charge in [-0.25, -0.2) is 8.61 Å². The number of nitrogens with zero attached hydrogens (tertiary/aromatic N) is 1. The molecule has 0 radical (unpaired) electrons. The first-order chi connectivity index (χ1) is 12.7. The summed E-state index contributed by atoms with van der Waals surface area (Å²) < 4.78 is 21.8. The molecule has 27 heavy (non-hydrogen) atoms. The van der Waals surface area contributed by atoms with Crippen LogP contribution in [0.4, 0.5) is 0 Å². The molecule has 4 atom stereocenters. The fourth-order valence-electron chi connectivity index (χ4n) is 4.94. The fourth-order valence-corrected chi connectivity index (χ4v) is 5.76. The molecule has 2 aliphatic carbocycles. The Balaban J connectivity index is 1.80. The number of hydrogen-bond acceptors (Lipinski definition) is 2. The van der Waals surface area contributed by atoms with E-state index in [1.807, 2.05) is 0 Å². The van der Waals surface area contributed by atoms with Gasteiger partial charge in [0, 0.05) is 19.7 Å². The van der Waals surface area contributed by atoms with E-state index in [0.717, 1.165) is 31.6 Å². The predicted octanol–water partition coefficient (Wildman–Crippen LogP) is 5.38. The molecule has 1 aromatic rings. The van der Waals surface area contributed by atoms with Crippen molar-refractivity contribution in [2.75, 3.05) is 7.11 Å². The molecular weight excluding hydrogens is 354 g/mol. The van der Waals surface area contributed by atoms with E-state index < -0.39 is 15.7 Å². The van der Waals surface area contributed by atoms with Crippen molar-refractivity contribution in [3.05, 3.63) is 34.9 Å². The Labute approximate surface area is 167 Å². The minimum absolute atomic E-state index is 0.136. The van der Waals surface area contributed by atoms with Crippen molar-refractivity contribution in [2.45, 2.75) is 83.0 Å².